The number of hydrogen-bond donors (Lipinski definition) is 2. The highest BCUT2D eigenvalue weighted by atomic mass is 16.5. The molecule has 0 saturated heterocycles. The number of fused-ring (bicyclic) bond motifs is 1. The number of amides is 1. The maximum Gasteiger partial charge on any atom is 0.223 e. The molecule has 2 saturated carbocycles. The monoisotopic (exact) mass is 348 g/mol. The van der Waals surface area contributed by atoms with E-state index >= 15 is 0 Å². The SMILES string of the molecule is O=C(NC[C@H]1C[C@H](c2nnc3n2CCOC3)C[C@H]1O)C1CCCCC1. The summed E-state index contributed by atoms with van der Waals surface area (Å²) >= 11 is 0. The second-order valence-corrected chi connectivity index (χ2v) is 7.75. The van der Waals surface area contributed by atoms with E-state index in [0.29, 0.717) is 26.2 Å². The molecule has 2 aliphatic carbocycles. The van der Waals surface area contributed by atoms with Crippen LogP contribution in [-0.2, 0) is 22.7 Å². The van der Waals surface area contributed by atoms with Gasteiger partial charge in [-0.1, -0.05) is 19.3 Å². The molecule has 138 valence electrons. The van der Waals surface area contributed by atoms with Gasteiger partial charge in [0.2, 0.25) is 5.91 Å². The molecule has 2 fully saturated rings. The van der Waals surface area contributed by atoms with Crippen molar-refractivity contribution in [2.24, 2.45) is 11.8 Å². The first-order valence-electron chi connectivity index (χ1n) is 9.68. The number of hydrogen-bond acceptors (Lipinski definition) is 5. The number of aliphatic hydroxyl groups is 1. The van der Waals surface area contributed by atoms with Crippen LogP contribution >= 0.6 is 0 Å². The average molecular weight is 348 g/mol. The lowest BCUT2D eigenvalue weighted by Crippen LogP contribution is -2.37. The summed E-state index contributed by atoms with van der Waals surface area (Å²) in [5, 5.41) is 22.1. The van der Waals surface area contributed by atoms with Crippen molar-refractivity contribution in [3.63, 3.8) is 0 Å². The predicted molar refractivity (Wildman–Crippen MR) is 90.7 cm³/mol. The van der Waals surface area contributed by atoms with Crippen LogP contribution in [-0.4, -0.2) is 45.0 Å². The number of ether oxygens (including phenoxy) is 1. The van der Waals surface area contributed by atoms with Crippen LogP contribution < -0.4 is 5.32 Å². The molecule has 7 heteroatoms. The van der Waals surface area contributed by atoms with E-state index in [-0.39, 0.29) is 29.8 Å². The van der Waals surface area contributed by atoms with Crippen molar-refractivity contribution in [1.29, 1.82) is 0 Å². The van der Waals surface area contributed by atoms with Gasteiger partial charge in [-0.3, -0.25) is 4.79 Å². The molecule has 7 nitrogen and oxygen atoms in total. The van der Waals surface area contributed by atoms with Crippen molar-refractivity contribution in [2.45, 2.75) is 70.1 Å². The third-order valence-electron chi connectivity index (χ3n) is 6.08. The fourth-order valence-corrected chi connectivity index (χ4v) is 4.59. The van der Waals surface area contributed by atoms with Crippen LogP contribution in [0.2, 0.25) is 0 Å². The standard InChI is InChI=1S/C18H28N4O3/c23-15-9-13(17-21-20-16-11-25-7-6-22(16)17)8-14(15)10-19-18(24)12-4-2-1-3-5-12/h12-15,23H,1-11H2,(H,19,24)/t13-,14+,15+/m0/s1. The molecule has 1 aliphatic heterocycles. The second kappa shape index (κ2) is 7.41. The molecule has 0 unspecified atom stereocenters. The van der Waals surface area contributed by atoms with Gasteiger partial charge in [0.1, 0.15) is 12.4 Å². The first-order chi connectivity index (χ1) is 12.2. The lowest BCUT2D eigenvalue weighted by Gasteiger charge is -2.22. The van der Waals surface area contributed by atoms with Crippen molar-refractivity contribution in [3.05, 3.63) is 11.6 Å². The summed E-state index contributed by atoms with van der Waals surface area (Å²) in [5.41, 5.74) is 0. The number of carbonyl (C=O) groups is 1. The Morgan fingerprint density at radius 3 is 2.92 bits per heavy atom. The van der Waals surface area contributed by atoms with Crippen LogP contribution in [0.3, 0.4) is 0 Å². The maximum atomic E-state index is 12.3. The first kappa shape index (κ1) is 17.0. The molecule has 1 amide bonds. The van der Waals surface area contributed by atoms with Crippen molar-refractivity contribution >= 4 is 5.91 Å². The van der Waals surface area contributed by atoms with E-state index in [9.17, 15) is 9.90 Å². The minimum atomic E-state index is -0.385. The largest absolute Gasteiger partial charge is 0.393 e. The van der Waals surface area contributed by atoms with Crippen LogP contribution in [0.25, 0.3) is 0 Å². The quantitative estimate of drug-likeness (QED) is 0.858. The molecular formula is C18H28N4O3. The number of nitrogens with one attached hydrogen (secondary N) is 1. The number of nitrogens with zero attached hydrogens (tertiary/aromatic N) is 3. The van der Waals surface area contributed by atoms with Gasteiger partial charge < -0.3 is 19.7 Å². The minimum absolute atomic E-state index is 0.102. The zero-order chi connectivity index (χ0) is 17.2. The summed E-state index contributed by atoms with van der Waals surface area (Å²) in [6, 6.07) is 0. The normalized spacial score (nSPS) is 30.2. The third kappa shape index (κ3) is 3.58. The third-order valence-corrected chi connectivity index (χ3v) is 6.08. The van der Waals surface area contributed by atoms with Crippen molar-refractivity contribution in [3.8, 4) is 0 Å². The Bertz CT molecular complexity index is 611. The van der Waals surface area contributed by atoms with Gasteiger partial charge >= 0.3 is 0 Å². The molecule has 4 rings (SSSR count). The molecule has 25 heavy (non-hydrogen) atoms. The Hall–Kier alpha value is -1.47. The van der Waals surface area contributed by atoms with Gasteiger partial charge in [0.25, 0.3) is 0 Å². The Balaban J connectivity index is 1.33. The summed E-state index contributed by atoms with van der Waals surface area (Å²) in [7, 11) is 0. The summed E-state index contributed by atoms with van der Waals surface area (Å²) in [5.74, 6) is 2.51. The fraction of sp³-hybridized carbons (Fsp3) is 0.833. The molecule has 1 aromatic rings. The number of rotatable bonds is 4. The molecule has 0 spiro atoms. The van der Waals surface area contributed by atoms with E-state index in [0.717, 1.165) is 50.3 Å². The Kier molecular flexibility index (Phi) is 5.03. The predicted octanol–water partition coefficient (Wildman–Crippen LogP) is 1.36. The lowest BCUT2D eigenvalue weighted by molar-refractivity contribution is -0.126. The van der Waals surface area contributed by atoms with E-state index in [1.54, 1.807) is 0 Å². The fourth-order valence-electron chi connectivity index (χ4n) is 4.59. The Morgan fingerprint density at radius 2 is 2.08 bits per heavy atom. The average Bonchev–Trinajstić information content (AvgIpc) is 3.23. The highest BCUT2D eigenvalue weighted by molar-refractivity contribution is 5.78. The maximum absolute atomic E-state index is 12.3. The van der Waals surface area contributed by atoms with Gasteiger partial charge in [-0.2, -0.15) is 0 Å². The van der Waals surface area contributed by atoms with E-state index in [1.165, 1.54) is 6.42 Å². The zero-order valence-electron chi connectivity index (χ0n) is 14.7. The van der Waals surface area contributed by atoms with Crippen molar-refractivity contribution in [1.82, 2.24) is 20.1 Å². The van der Waals surface area contributed by atoms with Gasteiger partial charge in [0, 0.05) is 30.8 Å². The molecule has 0 bridgehead atoms. The van der Waals surface area contributed by atoms with E-state index in [4.69, 9.17) is 4.74 Å². The van der Waals surface area contributed by atoms with Crippen LogP contribution in [0.15, 0.2) is 0 Å². The Labute approximate surface area is 148 Å². The van der Waals surface area contributed by atoms with Gasteiger partial charge in [-0.05, 0) is 25.7 Å². The van der Waals surface area contributed by atoms with Gasteiger partial charge in [-0.25, -0.2) is 0 Å². The van der Waals surface area contributed by atoms with E-state index in [1.807, 2.05) is 0 Å². The molecular weight excluding hydrogens is 320 g/mol. The lowest BCUT2D eigenvalue weighted by atomic mass is 9.88. The van der Waals surface area contributed by atoms with Crippen molar-refractivity contribution in [2.75, 3.05) is 13.2 Å². The summed E-state index contributed by atoms with van der Waals surface area (Å²) in [6.07, 6.45) is 6.76. The molecule has 0 aromatic carbocycles. The highest BCUT2D eigenvalue weighted by Crippen LogP contribution is 2.38. The molecule has 3 atom stereocenters. The molecule has 1 aromatic heterocycles. The number of aromatic nitrogens is 3. The van der Waals surface area contributed by atoms with E-state index in [2.05, 4.69) is 20.1 Å². The second-order valence-electron chi connectivity index (χ2n) is 7.75. The number of carbonyl (C=O) groups excluding carboxylic acids is 1. The Morgan fingerprint density at radius 1 is 1.24 bits per heavy atom. The van der Waals surface area contributed by atoms with Crippen LogP contribution in [0, 0.1) is 11.8 Å². The van der Waals surface area contributed by atoms with Crippen LogP contribution in [0.1, 0.15) is 62.5 Å². The number of aliphatic hydroxyl groups excluding tert-OH is 1. The zero-order valence-corrected chi connectivity index (χ0v) is 14.7. The van der Waals surface area contributed by atoms with Gasteiger partial charge in [-0.15, -0.1) is 10.2 Å². The molecule has 0 radical (unpaired) electrons. The van der Waals surface area contributed by atoms with Crippen LogP contribution in [0.4, 0.5) is 0 Å². The van der Waals surface area contributed by atoms with Gasteiger partial charge in [0.05, 0.1) is 12.7 Å². The summed E-state index contributed by atoms with van der Waals surface area (Å²) < 4.78 is 7.56. The van der Waals surface area contributed by atoms with Gasteiger partial charge in [0.15, 0.2) is 5.82 Å². The molecule has 2 heterocycles. The summed E-state index contributed by atoms with van der Waals surface area (Å²) in [6.45, 7) is 2.56. The highest BCUT2D eigenvalue weighted by Gasteiger charge is 2.37. The summed E-state index contributed by atoms with van der Waals surface area (Å²) in [4.78, 5) is 12.3. The topological polar surface area (TPSA) is 89.3 Å². The first-order valence-corrected chi connectivity index (χ1v) is 9.68. The van der Waals surface area contributed by atoms with Crippen LogP contribution in [0.5, 0.6) is 0 Å². The molecule has 3 aliphatic rings. The minimum Gasteiger partial charge on any atom is -0.393 e. The molecule has 2 N–H and O–H groups in total. The van der Waals surface area contributed by atoms with E-state index < -0.39 is 0 Å². The smallest absolute Gasteiger partial charge is 0.223 e. The van der Waals surface area contributed by atoms with Crippen molar-refractivity contribution < 1.29 is 14.6 Å².